The van der Waals surface area contributed by atoms with E-state index in [1.54, 1.807) is 0 Å². The Balaban J connectivity index is 2.65. The van der Waals surface area contributed by atoms with Gasteiger partial charge in [0, 0.05) is 12.4 Å². The van der Waals surface area contributed by atoms with E-state index >= 15 is 0 Å². The van der Waals surface area contributed by atoms with Crippen molar-refractivity contribution in [1.29, 1.82) is 0 Å². The first kappa shape index (κ1) is 14.6. The molecule has 0 bridgehead atoms. The number of nitrogens with zero attached hydrogens (tertiary/aromatic N) is 1. The third-order valence-corrected chi connectivity index (χ3v) is 4.54. The van der Waals surface area contributed by atoms with Gasteiger partial charge < -0.3 is 4.90 Å². The average Bonchev–Trinajstić information content (AvgIpc) is 2.56. The molecule has 17 heavy (non-hydrogen) atoms. The maximum atomic E-state index is 12.3. The predicted octanol–water partition coefficient (Wildman–Crippen LogP) is 0.754. The highest BCUT2D eigenvalue weighted by Crippen LogP contribution is 2.21. The highest BCUT2D eigenvalue weighted by Gasteiger charge is 2.35. The van der Waals surface area contributed by atoms with Crippen LogP contribution in [-0.2, 0) is 14.6 Å². The molecule has 100 valence electrons. The summed E-state index contributed by atoms with van der Waals surface area (Å²) in [5, 5.41) is 0. The Morgan fingerprint density at radius 2 is 2.12 bits per heavy atom. The lowest BCUT2D eigenvalue weighted by Gasteiger charge is -2.23. The van der Waals surface area contributed by atoms with Crippen LogP contribution in [0, 0.1) is 5.92 Å². The maximum Gasteiger partial charge on any atom is 0.255 e. The zero-order valence-electron chi connectivity index (χ0n) is 9.11. The molecule has 0 spiro atoms. The summed E-state index contributed by atoms with van der Waals surface area (Å²) in [6, 6.07) is 0. The molecule has 0 aliphatic carbocycles. The monoisotopic (exact) mass is 289 g/mol. The van der Waals surface area contributed by atoms with Crippen molar-refractivity contribution in [3.8, 4) is 0 Å². The minimum Gasteiger partial charge on any atom is -0.336 e. The minimum atomic E-state index is -3.19. The van der Waals surface area contributed by atoms with Gasteiger partial charge in [-0.15, -0.1) is 11.6 Å². The van der Waals surface area contributed by atoms with Gasteiger partial charge in [0.25, 0.3) is 6.43 Å². The van der Waals surface area contributed by atoms with Crippen LogP contribution in [0.15, 0.2) is 0 Å². The Bertz CT molecular complexity index is 374. The molecule has 1 rings (SSSR count). The van der Waals surface area contributed by atoms with E-state index in [0.29, 0.717) is 0 Å². The fraction of sp³-hybridized carbons (Fsp3) is 0.889. The van der Waals surface area contributed by atoms with Crippen LogP contribution in [0.1, 0.15) is 6.42 Å². The number of hydrogen-bond donors (Lipinski definition) is 0. The van der Waals surface area contributed by atoms with E-state index in [4.69, 9.17) is 11.6 Å². The van der Waals surface area contributed by atoms with Crippen LogP contribution in [0.4, 0.5) is 8.78 Å². The Hall–Kier alpha value is -0.430. The van der Waals surface area contributed by atoms with Gasteiger partial charge in [-0.05, 0) is 6.42 Å². The van der Waals surface area contributed by atoms with Crippen molar-refractivity contribution in [1.82, 2.24) is 4.90 Å². The summed E-state index contributed by atoms with van der Waals surface area (Å²) in [5.74, 6) is -1.47. The summed E-state index contributed by atoms with van der Waals surface area (Å²) in [5.41, 5.74) is 0. The van der Waals surface area contributed by atoms with Crippen LogP contribution < -0.4 is 0 Å². The number of amides is 1. The second kappa shape index (κ2) is 5.95. The van der Waals surface area contributed by atoms with E-state index in [9.17, 15) is 22.0 Å². The topological polar surface area (TPSA) is 54.5 Å². The molecule has 0 N–H and O–H groups in total. The van der Waals surface area contributed by atoms with Crippen LogP contribution >= 0.6 is 11.6 Å². The second-order valence-corrected chi connectivity index (χ2v) is 6.57. The SMILES string of the molecule is O=C(C1CCS(=O)(=O)C1)N(CCCl)CC(F)F. The number of carbonyl (C=O) groups is 1. The Morgan fingerprint density at radius 3 is 2.53 bits per heavy atom. The molecule has 1 aliphatic heterocycles. The number of halogens is 3. The fourth-order valence-corrected chi connectivity index (χ4v) is 3.74. The molecule has 1 atom stereocenters. The van der Waals surface area contributed by atoms with Crippen molar-refractivity contribution >= 4 is 27.3 Å². The van der Waals surface area contributed by atoms with Crippen molar-refractivity contribution in [2.75, 3.05) is 30.5 Å². The van der Waals surface area contributed by atoms with Crippen LogP contribution in [0.5, 0.6) is 0 Å². The minimum absolute atomic E-state index is 0.0152. The Labute approximate surface area is 104 Å². The van der Waals surface area contributed by atoms with E-state index in [1.165, 1.54) is 0 Å². The molecule has 0 aromatic rings. The summed E-state index contributed by atoms with van der Waals surface area (Å²) in [6.45, 7) is -0.677. The van der Waals surface area contributed by atoms with E-state index in [-0.39, 0.29) is 30.4 Å². The van der Waals surface area contributed by atoms with Gasteiger partial charge in [-0.2, -0.15) is 0 Å². The van der Waals surface area contributed by atoms with Crippen molar-refractivity contribution in [3.63, 3.8) is 0 Å². The summed E-state index contributed by atoms with van der Waals surface area (Å²) < 4.78 is 46.9. The van der Waals surface area contributed by atoms with Gasteiger partial charge >= 0.3 is 0 Å². The smallest absolute Gasteiger partial charge is 0.255 e. The summed E-state index contributed by atoms with van der Waals surface area (Å²) in [6.07, 6.45) is -2.43. The molecule has 0 aromatic heterocycles. The standard InChI is InChI=1S/C9H14ClF2NO3S/c10-2-3-13(5-8(11)12)9(14)7-1-4-17(15,16)6-7/h7-8H,1-6H2. The van der Waals surface area contributed by atoms with Gasteiger partial charge in [0.2, 0.25) is 5.91 Å². The van der Waals surface area contributed by atoms with Crippen LogP contribution in [0.2, 0.25) is 0 Å². The fourth-order valence-electron chi connectivity index (χ4n) is 1.81. The average molecular weight is 290 g/mol. The molecule has 0 saturated carbocycles. The predicted molar refractivity (Wildman–Crippen MR) is 60.1 cm³/mol. The maximum absolute atomic E-state index is 12.3. The molecule has 1 fully saturated rings. The summed E-state index contributed by atoms with van der Waals surface area (Å²) >= 11 is 5.43. The lowest BCUT2D eigenvalue weighted by molar-refractivity contribution is -0.136. The molecule has 0 aromatic carbocycles. The van der Waals surface area contributed by atoms with Crippen molar-refractivity contribution in [3.05, 3.63) is 0 Å². The number of sulfone groups is 1. The zero-order valence-corrected chi connectivity index (χ0v) is 10.7. The van der Waals surface area contributed by atoms with E-state index in [2.05, 4.69) is 0 Å². The number of hydrogen-bond acceptors (Lipinski definition) is 3. The summed E-state index contributed by atoms with van der Waals surface area (Å²) in [4.78, 5) is 12.8. The first-order valence-electron chi connectivity index (χ1n) is 5.19. The molecule has 1 aliphatic rings. The van der Waals surface area contributed by atoms with E-state index in [0.717, 1.165) is 4.90 Å². The van der Waals surface area contributed by atoms with E-state index < -0.39 is 34.6 Å². The van der Waals surface area contributed by atoms with Crippen molar-refractivity contribution in [2.45, 2.75) is 12.8 Å². The molecule has 1 heterocycles. The van der Waals surface area contributed by atoms with Gasteiger partial charge in [0.15, 0.2) is 9.84 Å². The van der Waals surface area contributed by atoms with Gasteiger partial charge in [0.1, 0.15) is 0 Å². The molecule has 1 saturated heterocycles. The van der Waals surface area contributed by atoms with Crippen LogP contribution in [0.3, 0.4) is 0 Å². The highest BCUT2D eigenvalue weighted by atomic mass is 35.5. The Kier molecular flexibility index (Phi) is 5.12. The highest BCUT2D eigenvalue weighted by molar-refractivity contribution is 7.91. The largest absolute Gasteiger partial charge is 0.336 e. The lowest BCUT2D eigenvalue weighted by Crippen LogP contribution is -2.40. The van der Waals surface area contributed by atoms with Gasteiger partial charge in [0.05, 0.1) is 24.0 Å². The molecule has 0 radical (unpaired) electrons. The second-order valence-electron chi connectivity index (χ2n) is 3.96. The quantitative estimate of drug-likeness (QED) is 0.702. The number of alkyl halides is 3. The molecule has 8 heteroatoms. The van der Waals surface area contributed by atoms with E-state index in [1.807, 2.05) is 0 Å². The van der Waals surface area contributed by atoms with Crippen molar-refractivity contribution < 1.29 is 22.0 Å². The van der Waals surface area contributed by atoms with Crippen LogP contribution in [0.25, 0.3) is 0 Å². The third-order valence-electron chi connectivity index (χ3n) is 2.61. The summed E-state index contributed by atoms with van der Waals surface area (Å²) in [7, 11) is -3.19. The molecule has 1 amide bonds. The number of rotatable bonds is 5. The van der Waals surface area contributed by atoms with Gasteiger partial charge in [-0.3, -0.25) is 4.79 Å². The lowest BCUT2D eigenvalue weighted by atomic mass is 10.1. The molecule has 1 unspecified atom stereocenters. The first-order chi connectivity index (χ1) is 7.85. The van der Waals surface area contributed by atoms with Crippen LogP contribution in [-0.4, -0.2) is 56.1 Å². The molecule has 4 nitrogen and oxygen atoms in total. The van der Waals surface area contributed by atoms with Gasteiger partial charge in [-0.1, -0.05) is 0 Å². The van der Waals surface area contributed by atoms with Gasteiger partial charge in [-0.25, -0.2) is 17.2 Å². The zero-order chi connectivity index (χ0) is 13.1. The number of carbonyl (C=O) groups excluding carboxylic acids is 1. The normalized spacial score (nSPS) is 22.9. The molecular weight excluding hydrogens is 276 g/mol. The molecular formula is C9H14ClF2NO3S. The first-order valence-corrected chi connectivity index (χ1v) is 7.54. The third kappa shape index (κ3) is 4.39. The Morgan fingerprint density at radius 1 is 1.47 bits per heavy atom. The van der Waals surface area contributed by atoms with Crippen molar-refractivity contribution in [2.24, 2.45) is 5.92 Å².